The monoisotopic (exact) mass is 461 g/mol. The summed E-state index contributed by atoms with van der Waals surface area (Å²) in [7, 11) is 1.64. The molecule has 0 spiro atoms. The number of hydrogen-bond donors (Lipinski definition) is 3. The molecule has 0 saturated heterocycles. The predicted molar refractivity (Wildman–Crippen MR) is 130 cm³/mol. The van der Waals surface area contributed by atoms with Gasteiger partial charge in [0.2, 0.25) is 11.8 Å². The maximum atomic E-state index is 12.4. The number of aryl methyl sites for hydroxylation is 1. The Morgan fingerprint density at radius 3 is 2.33 bits per heavy atom. The van der Waals surface area contributed by atoms with Gasteiger partial charge in [-0.05, 0) is 65.6 Å². The number of H-pyrrole nitrogens is 1. The van der Waals surface area contributed by atoms with Crippen LogP contribution in [0.3, 0.4) is 0 Å². The summed E-state index contributed by atoms with van der Waals surface area (Å²) in [5.41, 5.74) is 9.85. The first-order valence-electron chi connectivity index (χ1n) is 10.6. The molecule has 7 heteroatoms. The molecule has 0 radical (unpaired) electrons. The van der Waals surface area contributed by atoms with E-state index in [9.17, 15) is 9.59 Å². The molecule has 3 aromatic carbocycles. The van der Waals surface area contributed by atoms with Crippen molar-refractivity contribution in [2.24, 2.45) is 0 Å². The van der Waals surface area contributed by atoms with Gasteiger partial charge < -0.3 is 9.72 Å². The minimum atomic E-state index is -0.295. The van der Waals surface area contributed by atoms with Crippen molar-refractivity contribution in [1.82, 2.24) is 15.8 Å². The molecule has 0 aliphatic carbocycles. The topological polar surface area (TPSA) is 83.2 Å². The van der Waals surface area contributed by atoms with Crippen LogP contribution in [-0.2, 0) is 22.4 Å². The van der Waals surface area contributed by atoms with Crippen LogP contribution in [0.2, 0.25) is 5.02 Å². The Hall–Kier alpha value is -3.77. The fourth-order valence-electron chi connectivity index (χ4n) is 3.74. The van der Waals surface area contributed by atoms with Crippen LogP contribution in [0.25, 0.3) is 22.2 Å². The number of aromatic nitrogens is 1. The normalized spacial score (nSPS) is 10.7. The van der Waals surface area contributed by atoms with Gasteiger partial charge in [-0.25, -0.2) is 0 Å². The number of methoxy groups -OCH3 is 1. The molecule has 2 amide bonds. The molecule has 168 valence electrons. The number of carbonyl (C=O) groups excluding carboxylic acids is 2. The lowest BCUT2D eigenvalue weighted by atomic mass is 10.0. The van der Waals surface area contributed by atoms with Gasteiger partial charge in [0.25, 0.3) is 0 Å². The quantitative estimate of drug-likeness (QED) is 0.345. The van der Waals surface area contributed by atoms with E-state index >= 15 is 0 Å². The Bertz CT molecular complexity index is 1260. The maximum absolute atomic E-state index is 12.4. The van der Waals surface area contributed by atoms with Crippen LogP contribution in [0, 0.1) is 0 Å². The molecule has 1 aromatic heterocycles. The van der Waals surface area contributed by atoms with Gasteiger partial charge in [0.1, 0.15) is 5.75 Å². The average molecular weight is 462 g/mol. The van der Waals surface area contributed by atoms with Gasteiger partial charge >= 0.3 is 0 Å². The number of carbonyl (C=O) groups is 2. The highest BCUT2D eigenvalue weighted by atomic mass is 35.5. The molecule has 0 aliphatic rings. The molecule has 0 bridgehead atoms. The fourth-order valence-corrected chi connectivity index (χ4v) is 3.86. The van der Waals surface area contributed by atoms with Crippen LogP contribution in [0.4, 0.5) is 0 Å². The molecule has 0 fully saturated rings. The third-order valence-corrected chi connectivity index (χ3v) is 5.67. The lowest BCUT2D eigenvalue weighted by Crippen LogP contribution is -2.42. The highest BCUT2D eigenvalue weighted by Gasteiger charge is 2.15. The average Bonchev–Trinajstić information content (AvgIpc) is 3.21. The van der Waals surface area contributed by atoms with Gasteiger partial charge in [-0.1, -0.05) is 41.9 Å². The zero-order valence-corrected chi connectivity index (χ0v) is 18.9. The molecule has 4 aromatic rings. The van der Waals surface area contributed by atoms with Crippen molar-refractivity contribution in [2.75, 3.05) is 7.11 Å². The maximum Gasteiger partial charge on any atom is 0.242 e. The summed E-state index contributed by atoms with van der Waals surface area (Å²) in [6.45, 7) is 0. The molecule has 0 aliphatic heterocycles. The Balaban J connectivity index is 1.41. The Morgan fingerprint density at radius 1 is 0.909 bits per heavy atom. The van der Waals surface area contributed by atoms with Crippen molar-refractivity contribution in [3.8, 4) is 17.0 Å². The molecule has 4 rings (SSSR count). The second-order valence-electron chi connectivity index (χ2n) is 7.65. The minimum Gasteiger partial charge on any atom is -0.497 e. The SMILES string of the molecule is COc1ccc(-c2[nH]c3ccccc3c2CCC(=O)NNC(=O)Cc2ccc(Cl)cc2)cc1. The lowest BCUT2D eigenvalue weighted by Gasteiger charge is -2.09. The number of hydrogen-bond acceptors (Lipinski definition) is 3. The molecule has 0 saturated carbocycles. The number of amides is 2. The van der Waals surface area contributed by atoms with E-state index in [-0.39, 0.29) is 24.7 Å². The van der Waals surface area contributed by atoms with E-state index in [2.05, 4.69) is 15.8 Å². The number of hydrazine groups is 1. The highest BCUT2D eigenvalue weighted by Crippen LogP contribution is 2.32. The predicted octanol–water partition coefficient (Wildman–Crippen LogP) is 4.82. The largest absolute Gasteiger partial charge is 0.497 e. The van der Waals surface area contributed by atoms with E-state index in [1.807, 2.05) is 48.5 Å². The molecule has 3 N–H and O–H groups in total. The number of halogens is 1. The number of rotatable bonds is 7. The number of benzene rings is 3. The standard InChI is InChI=1S/C26H24ClN3O3/c1-33-20-12-8-18(9-13-20)26-22(21-4-2-3-5-23(21)28-26)14-15-24(31)29-30-25(32)16-17-6-10-19(27)11-7-17/h2-13,28H,14-16H2,1H3,(H,29,31)(H,30,32). The molecular weight excluding hydrogens is 438 g/mol. The smallest absolute Gasteiger partial charge is 0.242 e. The van der Waals surface area contributed by atoms with Crippen molar-refractivity contribution in [3.63, 3.8) is 0 Å². The second-order valence-corrected chi connectivity index (χ2v) is 8.09. The summed E-state index contributed by atoms with van der Waals surface area (Å²) in [5.74, 6) is 0.229. The zero-order valence-electron chi connectivity index (χ0n) is 18.2. The van der Waals surface area contributed by atoms with Crippen LogP contribution >= 0.6 is 11.6 Å². The highest BCUT2D eigenvalue weighted by molar-refractivity contribution is 6.30. The van der Waals surface area contributed by atoms with Crippen molar-refractivity contribution in [2.45, 2.75) is 19.3 Å². The lowest BCUT2D eigenvalue weighted by molar-refractivity contribution is -0.128. The van der Waals surface area contributed by atoms with E-state index in [4.69, 9.17) is 16.3 Å². The van der Waals surface area contributed by atoms with Crippen LogP contribution in [-0.4, -0.2) is 23.9 Å². The number of ether oxygens (including phenoxy) is 1. The molecule has 1 heterocycles. The van der Waals surface area contributed by atoms with Crippen LogP contribution in [0.1, 0.15) is 17.5 Å². The van der Waals surface area contributed by atoms with Crippen LogP contribution in [0.5, 0.6) is 5.75 Å². The molecule has 6 nitrogen and oxygen atoms in total. The summed E-state index contributed by atoms with van der Waals surface area (Å²) < 4.78 is 5.26. The first-order chi connectivity index (χ1) is 16.0. The fraction of sp³-hybridized carbons (Fsp3) is 0.154. The van der Waals surface area contributed by atoms with Crippen molar-refractivity contribution >= 4 is 34.3 Å². The molecule has 0 atom stereocenters. The zero-order chi connectivity index (χ0) is 23.2. The summed E-state index contributed by atoms with van der Waals surface area (Å²) in [6.07, 6.45) is 0.901. The summed E-state index contributed by atoms with van der Waals surface area (Å²) in [5, 5.41) is 1.68. The van der Waals surface area contributed by atoms with E-state index < -0.39 is 0 Å². The number of aromatic amines is 1. The number of nitrogens with one attached hydrogen (secondary N) is 3. The van der Waals surface area contributed by atoms with Crippen molar-refractivity contribution in [3.05, 3.63) is 88.9 Å². The van der Waals surface area contributed by atoms with Gasteiger partial charge in [0.15, 0.2) is 0 Å². The van der Waals surface area contributed by atoms with E-state index in [1.165, 1.54) is 0 Å². The van der Waals surface area contributed by atoms with Crippen molar-refractivity contribution < 1.29 is 14.3 Å². The van der Waals surface area contributed by atoms with E-state index in [0.717, 1.165) is 39.0 Å². The van der Waals surface area contributed by atoms with E-state index in [0.29, 0.717) is 11.4 Å². The van der Waals surface area contributed by atoms with Crippen LogP contribution in [0.15, 0.2) is 72.8 Å². The van der Waals surface area contributed by atoms with Crippen molar-refractivity contribution in [1.29, 1.82) is 0 Å². The first-order valence-corrected chi connectivity index (χ1v) is 11.0. The number of fused-ring (bicyclic) bond motifs is 1. The third kappa shape index (κ3) is 5.54. The molecule has 0 unspecified atom stereocenters. The summed E-state index contributed by atoms with van der Waals surface area (Å²) in [4.78, 5) is 28.0. The Labute approximate surface area is 196 Å². The van der Waals surface area contributed by atoms with Gasteiger partial charge in [-0.15, -0.1) is 0 Å². The molecule has 33 heavy (non-hydrogen) atoms. The second kappa shape index (κ2) is 10.2. The van der Waals surface area contributed by atoms with Crippen LogP contribution < -0.4 is 15.6 Å². The van der Waals surface area contributed by atoms with E-state index in [1.54, 1.807) is 31.4 Å². The summed E-state index contributed by atoms with van der Waals surface area (Å²) >= 11 is 5.86. The van der Waals surface area contributed by atoms with Gasteiger partial charge in [-0.3, -0.25) is 20.4 Å². The molecular formula is C26H24ClN3O3. The minimum absolute atomic E-state index is 0.154. The van der Waals surface area contributed by atoms with Gasteiger partial charge in [0, 0.05) is 28.0 Å². The third-order valence-electron chi connectivity index (χ3n) is 5.41. The van der Waals surface area contributed by atoms with Gasteiger partial charge in [0.05, 0.1) is 13.5 Å². The Kier molecular flexibility index (Phi) is 6.95. The Morgan fingerprint density at radius 2 is 1.61 bits per heavy atom. The first kappa shape index (κ1) is 22.4. The number of para-hydroxylation sites is 1. The van der Waals surface area contributed by atoms with Gasteiger partial charge in [-0.2, -0.15) is 0 Å². The summed E-state index contributed by atoms with van der Waals surface area (Å²) in [6, 6.07) is 22.8.